The Morgan fingerprint density at radius 3 is 2.76 bits per heavy atom. The highest BCUT2D eigenvalue weighted by Crippen LogP contribution is 2.29. The van der Waals surface area contributed by atoms with Gasteiger partial charge in [0.05, 0.1) is 22.0 Å². The lowest BCUT2D eigenvalue weighted by atomic mass is 10.1. The average molecular weight is 372 g/mol. The lowest BCUT2D eigenvalue weighted by Gasteiger charge is -2.13. The maximum Gasteiger partial charge on any atom is 0.153 e. The molecule has 0 aliphatic carbocycles. The molecule has 6 heteroatoms. The Labute approximate surface area is 137 Å². The van der Waals surface area contributed by atoms with Crippen molar-refractivity contribution in [2.75, 3.05) is 0 Å². The maximum absolute atomic E-state index is 11.2. The van der Waals surface area contributed by atoms with E-state index < -0.39 is 0 Å². The van der Waals surface area contributed by atoms with Crippen molar-refractivity contribution in [1.82, 2.24) is 9.78 Å². The largest absolute Gasteiger partial charge is 0.486 e. The van der Waals surface area contributed by atoms with Crippen LogP contribution in [0, 0.1) is 13.8 Å². The highest BCUT2D eigenvalue weighted by atomic mass is 79.9. The zero-order chi connectivity index (χ0) is 15.6. The molecule has 1 heterocycles. The summed E-state index contributed by atoms with van der Waals surface area (Å²) in [5, 5.41) is 4.96. The van der Waals surface area contributed by atoms with Gasteiger partial charge in [0.1, 0.15) is 12.4 Å². The molecule has 21 heavy (non-hydrogen) atoms. The number of carbonyl (C=O) groups is 1. The molecule has 0 spiro atoms. The maximum atomic E-state index is 11.2. The van der Waals surface area contributed by atoms with Crippen LogP contribution < -0.4 is 4.74 Å². The number of carbonyl (C=O) groups excluding carboxylic acids is 1. The first kappa shape index (κ1) is 16.0. The summed E-state index contributed by atoms with van der Waals surface area (Å²) in [6.07, 6.45) is 0.789. The number of aldehydes is 1. The average Bonchev–Trinajstić information content (AvgIpc) is 2.72. The lowest BCUT2D eigenvalue weighted by Crippen LogP contribution is -2.08. The molecule has 0 bridgehead atoms. The molecule has 2 rings (SSSR count). The van der Waals surface area contributed by atoms with E-state index in [9.17, 15) is 4.79 Å². The number of hydrogen-bond donors (Lipinski definition) is 0. The fourth-order valence-electron chi connectivity index (χ4n) is 2.19. The minimum atomic E-state index is 0.275. The van der Waals surface area contributed by atoms with Gasteiger partial charge in [0.25, 0.3) is 0 Å². The molecular formula is C15H16BrClN2O2. The van der Waals surface area contributed by atoms with E-state index >= 15 is 0 Å². The van der Waals surface area contributed by atoms with Crippen molar-refractivity contribution in [3.05, 3.63) is 44.1 Å². The monoisotopic (exact) mass is 370 g/mol. The van der Waals surface area contributed by atoms with E-state index in [1.54, 1.807) is 6.07 Å². The van der Waals surface area contributed by atoms with Crippen LogP contribution in [0.15, 0.2) is 16.6 Å². The van der Waals surface area contributed by atoms with Gasteiger partial charge in [-0.15, -0.1) is 0 Å². The van der Waals surface area contributed by atoms with Crippen LogP contribution in [0.25, 0.3) is 0 Å². The summed E-state index contributed by atoms with van der Waals surface area (Å²) >= 11 is 9.63. The summed E-state index contributed by atoms with van der Waals surface area (Å²) in [5.74, 6) is 0.575. The van der Waals surface area contributed by atoms with Crippen LogP contribution in [0.5, 0.6) is 5.75 Å². The first-order chi connectivity index (χ1) is 9.97. The van der Waals surface area contributed by atoms with Gasteiger partial charge in [0.15, 0.2) is 6.29 Å². The van der Waals surface area contributed by atoms with E-state index in [2.05, 4.69) is 21.0 Å². The zero-order valence-electron chi connectivity index (χ0n) is 12.1. The first-order valence-electron chi connectivity index (χ1n) is 6.57. The van der Waals surface area contributed by atoms with Crippen molar-refractivity contribution in [2.24, 2.45) is 0 Å². The second-order valence-corrected chi connectivity index (χ2v) is 6.00. The molecule has 0 saturated heterocycles. The second kappa shape index (κ2) is 6.62. The number of hydrogen-bond acceptors (Lipinski definition) is 3. The number of ether oxygens (including phenoxy) is 1. The minimum Gasteiger partial charge on any atom is -0.486 e. The summed E-state index contributed by atoms with van der Waals surface area (Å²) in [7, 11) is 0. The Morgan fingerprint density at radius 1 is 1.43 bits per heavy atom. The predicted molar refractivity (Wildman–Crippen MR) is 86.2 cm³/mol. The molecular weight excluding hydrogens is 356 g/mol. The molecule has 1 aromatic carbocycles. The van der Waals surface area contributed by atoms with Gasteiger partial charge in [-0.2, -0.15) is 5.10 Å². The van der Waals surface area contributed by atoms with E-state index in [1.165, 1.54) is 0 Å². The summed E-state index contributed by atoms with van der Waals surface area (Å²) in [6.45, 7) is 6.74. The second-order valence-electron chi connectivity index (χ2n) is 4.71. The topological polar surface area (TPSA) is 44.1 Å². The lowest BCUT2D eigenvalue weighted by molar-refractivity contribution is 0.111. The smallest absolute Gasteiger partial charge is 0.153 e. The number of rotatable bonds is 5. The van der Waals surface area contributed by atoms with Crippen molar-refractivity contribution >= 4 is 33.8 Å². The third-order valence-electron chi connectivity index (χ3n) is 3.20. The molecule has 0 amide bonds. The molecule has 0 aliphatic heterocycles. The molecule has 0 unspecified atom stereocenters. The van der Waals surface area contributed by atoms with E-state index in [4.69, 9.17) is 16.3 Å². The Morgan fingerprint density at radius 2 is 2.14 bits per heavy atom. The van der Waals surface area contributed by atoms with Crippen LogP contribution in [0.3, 0.4) is 0 Å². The molecule has 0 N–H and O–H groups in total. The number of halogens is 2. The van der Waals surface area contributed by atoms with Gasteiger partial charge in [0.2, 0.25) is 0 Å². The summed E-state index contributed by atoms with van der Waals surface area (Å²) < 4.78 is 8.50. The fourth-order valence-corrected chi connectivity index (χ4v) is 2.97. The van der Waals surface area contributed by atoms with Crippen molar-refractivity contribution < 1.29 is 9.53 Å². The quantitative estimate of drug-likeness (QED) is 0.735. The first-order valence-corrected chi connectivity index (χ1v) is 7.74. The zero-order valence-corrected chi connectivity index (χ0v) is 14.5. The number of benzene rings is 1. The Balaban J connectivity index is 2.31. The van der Waals surface area contributed by atoms with Gasteiger partial charge >= 0.3 is 0 Å². The molecule has 0 radical (unpaired) electrons. The van der Waals surface area contributed by atoms with Gasteiger partial charge in [-0.05, 0) is 38.5 Å². The van der Waals surface area contributed by atoms with Crippen molar-refractivity contribution in [3.8, 4) is 5.75 Å². The molecule has 112 valence electrons. The van der Waals surface area contributed by atoms with E-state index in [0.29, 0.717) is 22.9 Å². The molecule has 2 aromatic rings. The fraction of sp³-hybridized carbons (Fsp3) is 0.333. The highest BCUT2D eigenvalue weighted by molar-refractivity contribution is 9.10. The molecule has 4 nitrogen and oxygen atoms in total. The van der Waals surface area contributed by atoms with Gasteiger partial charge < -0.3 is 4.74 Å². The molecule has 0 aliphatic rings. The highest BCUT2D eigenvalue weighted by Gasteiger charge is 2.15. The summed E-state index contributed by atoms with van der Waals surface area (Å²) in [6, 6.07) is 3.64. The summed E-state index contributed by atoms with van der Waals surface area (Å²) in [4.78, 5) is 11.2. The van der Waals surface area contributed by atoms with E-state index in [1.807, 2.05) is 31.5 Å². The number of aryl methyl sites for hydroxylation is 3. The summed E-state index contributed by atoms with van der Waals surface area (Å²) in [5.41, 5.74) is 3.00. The van der Waals surface area contributed by atoms with Crippen LogP contribution in [-0.4, -0.2) is 16.1 Å². The van der Waals surface area contributed by atoms with E-state index in [0.717, 1.165) is 27.7 Å². The predicted octanol–water partition coefficient (Wildman–Crippen LogP) is 4.33. The Bertz CT molecular complexity index is 683. The van der Waals surface area contributed by atoms with Crippen LogP contribution in [-0.2, 0) is 13.2 Å². The third-order valence-corrected chi connectivity index (χ3v) is 4.15. The molecule has 0 atom stereocenters. The van der Waals surface area contributed by atoms with Crippen molar-refractivity contribution in [1.29, 1.82) is 0 Å². The number of aromatic nitrogens is 2. The van der Waals surface area contributed by atoms with Gasteiger partial charge in [-0.3, -0.25) is 9.48 Å². The number of nitrogens with zero attached hydrogens (tertiary/aromatic N) is 2. The van der Waals surface area contributed by atoms with Crippen LogP contribution in [0.1, 0.15) is 34.2 Å². The molecule has 0 fully saturated rings. The van der Waals surface area contributed by atoms with Crippen LogP contribution in [0.4, 0.5) is 0 Å². The van der Waals surface area contributed by atoms with Gasteiger partial charge in [0, 0.05) is 11.0 Å². The van der Waals surface area contributed by atoms with Crippen molar-refractivity contribution in [3.63, 3.8) is 0 Å². The standard InChI is InChI=1S/C15H16BrClN2O2/c1-4-19-13(14(17)10(3)18-19)8-21-15-9(2)5-12(16)6-11(15)7-20/h5-7H,4,8H2,1-3H3. The van der Waals surface area contributed by atoms with Crippen LogP contribution >= 0.6 is 27.5 Å². The molecule has 1 aromatic heterocycles. The van der Waals surface area contributed by atoms with Gasteiger partial charge in [-0.1, -0.05) is 27.5 Å². The Hall–Kier alpha value is -1.33. The normalized spacial score (nSPS) is 10.7. The SMILES string of the molecule is CCn1nc(C)c(Cl)c1COc1c(C)cc(Br)cc1C=O. The van der Waals surface area contributed by atoms with Crippen LogP contribution in [0.2, 0.25) is 5.02 Å². The third kappa shape index (κ3) is 3.30. The van der Waals surface area contributed by atoms with Gasteiger partial charge in [-0.25, -0.2) is 0 Å². The molecule has 0 saturated carbocycles. The van der Waals surface area contributed by atoms with Crippen molar-refractivity contribution in [2.45, 2.75) is 33.9 Å². The van der Waals surface area contributed by atoms with E-state index in [-0.39, 0.29) is 6.61 Å². The minimum absolute atomic E-state index is 0.275. The Kier molecular flexibility index (Phi) is 5.06.